The highest BCUT2D eigenvalue weighted by Crippen LogP contribution is 2.27. The number of nitrogens with one attached hydrogen (secondary N) is 4. The van der Waals surface area contributed by atoms with Gasteiger partial charge in [0.1, 0.15) is 12.1 Å². The molecule has 2 aliphatic rings. The first-order valence-electron chi connectivity index (χ1n) is 15.0. The first-order chi connectivity index (χ1) is 19.8. The van der Waals surface area contributed by atoms with Gasteiger partial charge in [-0.2, -0.15) is 0 Å². The van der Waals surface area contributed by atoms with Crippen molar-refractivity contribution in [3.8, 4) is 0 Å². The molecule has 10 nitrogen and oxygen atoms in total. The Kier molecular flexibility index (Phi) is 12.6. The van der Waals surface area contributed by atoms with Crippen LogP contribution >= 0.6 is 0 Å². The molecule has 1 aromatic rings. The minimum Gasteiger partial charge on any atom is -0.464 e. The van der Waals surface area contributed by atoms with Gasteiger partial charge in [0.25, 0.3) is 5.91 Å². The Bertz CT molecular complexity index is 1080. The third-order valence-electron chi connectivity index (χ3n) is 8.04. The average molecular weight is 570 g/mol. The molecule has 0 saturated carbocycles. The summed E-state index contributed by atoms with van der Waals surface area (Å²) in [5.41, 5.74) is 2.39. The molecule has 1 aromatic carbocycles. The fourth-order valence-corrected chi connectivity index (χ4v) is 5.54. The Hall–Kier alpha value is -3.40. The number of carbonyl (C=O) groups excluding carboxylic acids is 4. The van der Waals surface area contributed by atoms with Gasteiger partial charge in [-0.1, -0.05) is 38.0 Å². The molecule has 0 spiro atoms. The Labute approximate surface area is 244 Å². The number of cyclic esters (lactones) is 1. The van der Waals surface area contributed by atoms with Gasteiger partial charge < -0.3 is 30.9 Å². The van der Waals surface area contributed by atoms with Crippen molar-refractivity contribution in [1.82, 2.24) is 26.2 Å². The highest BCUT2D eigenvalue weighted by Gasteiger charge is 2.36. The van der Waals surface area contributed by atoms with Gasteiger partial charge in [0.15, 0.2) is 0 Å². The van der Waals surface area contributed by atoms with Crippen LogP contribution in [0.2, 0.25) is 0 Å². The maximum absolute atomic E-state index is 13.0. The summed E-state index contributed by atoms with van der Waals surface area (Å²) in [6, 6.07) is 6.53. The van der Waals surface area contributed by atoms with Crippen LogP contribution in [-0.4, -0.2) is 73.0 Å². The van der Waals surface area contributed by atoms with E-state index in [0.29, 0.717) is 31.1 Å². The smallest absolute Gasteiger partial charge is 0.328 e. The van der Waals surface area contributed by atoms with E-state index in [2.05, 4.69) is 48.1 Å². The molecule has 2 heterocycles. The van der Waals surface area contributed by atoms with Gasteiger partial charge in [-0.15, -0.1) is 0 Å². The zero-order chi connectivity index (χ0) is 29.8. The number of hydrogen-bond acceptors (Lipinski definition) is 7. The van der Waals surface area contributed by atoms with E-state index in [4.69, 9.17) is 4.74 Å². The second kappa shape index (κ2) is 16.1. The number of benzene rings is 1. The lowest BCUT2D eigenvalue weighted by Gasteiger charge is -2.26. The summed E-state index contributed by atoms with van der Waals surface area (Å²) in [4.78, 5) is 50.9. The van der Waals surface area contributed by atoms with Gasteiger partial charge in [-0.05, 0) is 70.7 Å². The van der Waals surface area contributed by atoms with Crippen LogP contribution in [0.25, 0.3) is 0 Å². The van der Waals surface area contributed by atoms with Crippen molar-refractivity contribution in [3.63, 3.8) is 0 Å². The number of ether oxygens (including phenoxy) is 1. The molecule has 0 aliphatic carbocycles. The first-order valence-corrected chi connectivity index (χ1v) is 15.0. The van der Waals surface area contributed by atoms with Gasteiger partial charge in [0, 0.05) is 42.4 Å². The summed E-state index contributed by atoms with van der Waals surface area (Å²) >= 11 is 0. The van der Waals surface area contributed by atoms with Crippen molar-refractivity contribution in [2.45, 2.75) is 109 Å². The summed E-state index contributed by atoms with van der Waals surface area (Å²) in [6.07, 6.45) is 9.90. The van der Waals surface area contributed by atoms with Gasteiger partial charge in [0.05, 0.1) is 6.61 Å². The normalized spacial score (nSPS) is 22.1. The minimum atomic E-state index is -0.626. The molecule has 226 valence electrons. The number of carbonyl (C=O) groups is 4. The molecule has 0 aromatic heterocycles. The Morgan fingerprint density at radius 3 is 2.66 bits per heavy atom. The predicted octanol–water partition coefficient (Wildman–Crippen LogP) is 2.78. The molecule has 3 rings (SSSR count). The Morgan fingerprint density at radius 1 is 1.17 bits per heavy atom. The lowest BCUT2D eigenvalue weighted by molar-refractivity contribution is -0.139. The lowest BCUT2D eigenvalue weighted by atomic mass is 10.0. The molecule has 5 unspecified atom stereocenters. The van der Waals surface area contributed by atoms with Crippen LogP contribution in [0.5, 0.6) is 0 Å². The Balaban J connectivity index is 1.43. The Morgan fingerprint density at radius 2 is 1.98 bits per heavy atom. The van der Waals surface area contributed by atoms with Crippen LogP contribution in [0.15, 0.2) is 36.0 Å². The fourth-order valence-electron chi connectivity index (χ4n) is 5.54. The van der Waals surface area contributed by atoms with E-state index in [9.17, 15) is 19.2 Å². The third-order valence-corrected chi connectivity index (χ3v) is 8.04. The zero-order valence-electron chi connectivity index (χ0n) is 24.9. The molecule has 0 bridgehead atoms. The maximum atomic E-state index is 13.0. The van der Waals surface area contributed by atoms with Crippen molar-refractivity contribution < 1.29 is 23.9 Å². The number of rotatable bonds is 16. The van der Waals surface area contributed by atoms with Crippen molar-refractivity contribution in [1.29, 1.82) is 0 Å². The maximum Gasteiger partial charge on any atom is 0.328 e. The molecule has 10 heteroatoms. The summed E-state index contributed by atoms with van der Waals surface area (Å²) in [7, 11) is 1.96. The number of amides is 3. The third kappa shape index (κ3) is 9.31. The van der Waals surface area contributed by atoms with Crippen molar-refractivity contribution in [2.75, 3.05) is 13.7 Å². The fraction of sp³-hybridized carbons (Fsp3) is 0.613. The standard InChI is InChI=1S/C31H47N5O5/c1-5-9-26(22(3)32-4)34-21(2)10-6-7-13-25-14-15-28(36(25)20-37)30(39)33-19-23-11-8-12-24(18-23)29(38)35-27-16-17-41-31(27)40/h8-9,11-12,18,20-22,25,27-28,32,34H,5-7,10,13-17,19H2,1-4H3,(H,33,39)(H,35,38)/b26-9+. The van der Waals surface area contributed by atoms with Gasteiger partial charge in [0.2, 0.25) is 12.3 Å². The molecule has 2 fully saturated rings. The highest BCUT2D eigenvalue weighted by molar-refractivity contribution is 5.97. The van der Waals surface area contributed by atoms with E-state index in [1.165, 1.54) is 5.70 Å². The zero-order valence-corrected chi connectivity index (χ0v) is 24.9. The van der Waals surface area contributed by atoms with E-state index >= 15 is 0 Å². The molecular formula is C31H47N5O5. The summed E-state index contributed by atoms with van der Waals surface area (Å²) in [5, 5.41) is 12.5. The van der Waals surface area contributed by atoms with Crippen molar-refractivity contribution >= 4 is 24.2 Å². The number of esters is 1. The SMILES string of the molecule is CC/C=C(/NC(C)CCCCC1CCC(C(=O)NCc2cccc(C(=O)NC3CCOC3=O)c2)N1C=O)C(C)NC. The van der Waals surface area contributed by atoms with E-state index in [1.807, 2.05) is 13.1 Å². The van der Waals surface area contributed by atoms with Crippen LogP contribution in [0, 0.1) is 0 Å². The average Bonchev–Trinajstić information content (AvgIpc) is 3.58. The van der Waals surface area contributed by atoms with Crippen LogP contribution in [0.3, 0.4) is 0 Å². The van der Waals surface area contributed by atoms with Crippen LogP contribution in [0.1, 0.15) is 88.1 Å². The number of hydrogen-bond donors (Lipinski definition) is 4. The van der Waals surface area contributed by atoms with E-state index in [0.717, 1.165) is 50.5 Å². The molecular weight excluding hydrogens is 522 g/mol. The van der Waals surface area contributed by atoms with Crippen LogP contribution in [-0.2, 0) is 25.7 Å². The van der Waals surface area contributed by atoms with Crippen molar-refractivity contribution in [2.24, 2.45) is 0 Å². The number of likely N-dealkylation sites (tertiary alicyclic amines) is 1. The van der Waals surface area contributed by atoms with Crippen molar-refractivity contribution in [3.05, 3.63) is 47.2 Å². The van der Waals surface area contributed by atoms with Crippen LogP contribution in [0.4, 0.5) is 0 Å². The quantitative estimate of drug-likeness (QED) is 0.137. The van der Waals surface area contributed by atoms with E-state index in [-0.39, 0.29) is 30.4 Å². The van der Waals surface area contributed by atoms with E-state index in [1.54, 1.807) is 23.1 Å². The number of nitrogens with zero attached hydrogens (tertiary/aromatic N) is 1. The van der Waals surface area contributed by atoms with E-state index < -0.39 is 18.1 Å². The minimum absolute atomic E-state index is 0.0701. The molecule has 2 saturated heterocycles. The van der Waals surface area contributed by atoms with Gasteiger partial charge in [-0.3, -0.25) is 14.4 Å². The summed E-state index contributed by atoms with van der Waals surface area (Å²) in [6.45, 7) is 7.04. The predicted molar refractivity (Wildman–Crippen MR) is 158 cm³/mol. The topological polar surface area (TPSA) is 129 Å². The molecule has 4 N–H and O–H groups in total. The first kappa shape index (κ1) is 32.1. The lowest BCUT2D eigenvalue weighted by Crippen LogP contribution is -2.45. The molecule has 2 aliphatic heterocycles. The number of allylic oxidation sites excluding steroid dienone is 1. The monoisotopic (exact) mass is 569 g/mol. The largest absolute Gasteiger partial charge is 0.464 e. The number of likely N-dealkylation sites (N-methyl/N-ethyl adjacent to an activating group) is 1. The van der Waals surface area contributed by atoms with Crippen LogP contribution < -0.4 is 21.3 Å². The van der Waals surface area contributed by atoms with Gasteiger partial charge >= 0.3 is 5.97 Å². The molecule has 5 atom stereocenters. The molecule has 3 amide bonds. The number of unbranched alkanes of at least 4 members (excludes halogenated alkanes) is 1. The molecule has 0 radical (unpaired) electrons. The second-order valence-electron chi connectivity index (χ2n) is 11.1. The molecule has 41 heavy (non-hydrogen) atoms. The van der Waals surface area contributed by atoms with Gasteiger partial charge in [-0.25, -0.2) is 4.79 Å². The second-order valence-corrected chi connectivity index (χ2v) is 11.1. The summed E-state index contributed by atoms with van der Waals surface area (Å²) in [5.74, 6) is -0.963. The summed E-state index contributed by atoms with van der Waals surface area (Å²) < 4.78 is 4.90. The highest BCUT2D eigenvalue weighted by atomic mass is 16.5.